The molecule has 2 N–H and O–H groups in total. The van der Waals surface area contributed by atoms with Gasteiger partial charge in [-0.05, 0) is 46.6 Å². The van der Waals surface area contributed by atoms with E-state index in [0.717, 1.165) is 23.1 Å². The van der Waals surface area contributed by atoms with Crippen molar-refractivity contribution in [3.63, 3.8) is 0 Å². The van der Waals surface area contributed by atoms with Gasteiger partial charge < -0.3 is 10.6 Å². The van der Waals surface area contributed by atoms with Crippen molar-refractivity contribution in [3.8, 4) is 0 Å². The lowest BCUT2D eigenvalue weighted by atomic mass is 10.2. The third-order valence-corrected chi connectivity index (χ3v) is 4.02. The maximum absolute atomic E-state index is 12.4. The molecule has 0 unspecified atom stereocenters. The van der Waals surface area contributed by atoms with Gasteiger partial charge in [0.25, 0.3) is 5.91 Å². The Hall–Kier alpha value is -1.59. The van der Waals surface area contributed by atoms with Gasteiger partial charge in [-0.2, -0.15) is 0 Å². The Morgan fingerprint density at radius 1 is 1.38 bits per heavy atom. The van der Waals surface area contributed by atoms with Gasteiger partial charge in [0, 0.05) is 22.9 Å². The smallest absolute Gasteiger partial charge is 0.257 e. The first-order valence-corrected chi connectivity index (χ1v) is 7.73. The molecular formula is C15H15BrClN3O. The summed E-state index contributed by atoms with van der Waals surface area (Å²) < 4.78 is 0.737. The second-order valence-corrected chi connectivity index (χ2v) is 5.69. The van der Waals surface area contributed by atoms with Gasteiger partial charge >= 0.3 is 0 Å². The van der Waals surface area contributed by atoms with Crippen LogP contribution in [0.25, 0.3) is 0 Å². The zero-order valence-electron chi connectivity index (χ0n) is 11.5. The van der Waals surface area contributed by atoms with Crippen molar-refractivity contribution in [2.45, 2.75) is 13.3 Å². The molecule has 2 rings (SSSR count). The molecule has 1 amide bonds. The number of nitrogens with zero attached hydrogens (tertiary/aromatic N) is 1. The number of rotatable bonds is 5. The molecule has 110 valence electrons. The summed E-state index contributed by atoms with van der Waals surface area (Å²) in [5, 5.41) is 6.64. The summed E-state index contributed by atoms with van der Waals surface area (Å²) in [5.41, 5.74) is 1.96. The minimum absolute atomic E-state index is 0.190. The van der Waals surface area contributed by atoms with Crippen LogP contribution in [0.5, 0.6) is 0 Å². The molecule has 0 aliphatic heterocycles. The number of amides is 1. The summed E-state index contributed by atoms with van der Waals surface area (Å²) in [7, 11) is 0. The Bertz CT molecular complexity index is 649. The number of benzene rings is 1. The standard InChI is InChI=1S/C15H15BrClN3O/c1-2-6-19-14-9-18-7-5-11(14)15(21)20-10-3-4-13(17)12(16)8-10/h3-5,7-9,19H,2,6H2,1H3,(H,20,21). The number of hydrogen-bond acceptors (Lipinski definition) is 3. The van der Waals surface area contributed by atoms with Crippen molar-refractivity contribution in [1.82, 2.24) is 4.98 Å². The van der Waals surface area contributed by atoms with E-state index in [-0.39, 0.29) is 5.91 Å². The molecule has 1 aromatic carbocycles. The first-order valence-electron chi connectivity index (χ1n) is 6.56. The van der Waals surface area contributed by atoms with Crippen LogP contribution in [0.2, 0.25) is 5.02 Å². The van der Waals surface area contributed by atoms with Crippen LogP contribution in [0.1, 0.15) is 23.7 Å². The monoisotopic (exact) mass is 367 g/mol. The molecule has 0 bridgehead atoms. The molecular weight excluding hydrogens is 354 g/mol. The molecule has 6 heteroatoms. The van der Waals surface area contributed by atoms with Gasteiger partial charge in [0.2, 0.25) is 0 Å². The van der Waals surface area contributed by atoms with E-state index in [1.54, 1.807) is 36.7 Å². The Balaban J connectivity index is 2.18. The number of carbonyl (C=O) groups excluding carboxylic acids is 1. The summed E-state index contributed by atoms with van der Waals surface area (Å²) in [5.74, 6) is -0.190. The number of carbonyl (C=O) groups is 1. The predicted octanol–water partition coefficient (Wildman–Crippen LogP) is 4.57. The minimum atomic E-state index is -0.190. The molecule has 0 atom stereocenters. The van der Waals surface area contributed by atoms with Crippen LogP contribution in [0.4, 0.5) is 11.4 Å². The number of halogens is 2. The maximum Gasteiger partial charge on any atom is 0.257 e. The molecule has 0 saturated carbocycles. The zero-order valence-corrected chi connectivity index (χ0v) is 13.8. The van der Waals surface area contributed by atoms with Crippen LogP contribution in [0, 0.1) is 0 Å². The molecule has 0 saturated heterocycles. The van der Waals surface area contributed by atoms with Crippen molar-refractivity contribution < 1.29 is 4.79 Å². The van der Waals surface area contributed by atoms with Crippen LogP contribution in [0.15, 0.2) is 41.1 Å². The number of pyridine rings is 1. The highest BCUT2D eigenvalue weighted by atomic mass is 79.9. The molecule has 1 aromatic heterocycles. The molecule has 0 spiro atoms. The molecule has 0 aliphatic carbocycles. The van der Waals surface area contributed by atoms with Crippen molar-refractivity contribution in [3.05, 3.63) is 51.7 Å². The van der Waals surface area contributed by atoms with E-state index < -0.39 is 0 Å². The average molecular weight is 369 g/mol. The highest BCUT2D eigenvalue weighted by Crippen LogP contribution is 2.26. The van der Waals surface area contributed by atoms with Gasteiger partial charge in [-0.25, -0.2) is 0 Å². The van der Waals surface area contributed by atoms with Crippen molar-refractivity contribution in [2.24, 2.45) is 0 Å². The van der Waals surface area contributed by atoms with Gasteiger partial charge in [-0.15, -0.1) is 0 Å². The van der Waals surface area contributed by atoms with E-state index in [4.69, 9.17) is 11.6 Å². The second kappa shape index (κ2) is 7.43. The lowest BCUT2D eigenvalue weighted by Gasteiger charge is -2.11. The lowest BCUT2D eigenvalue weighted by molar-refractivity contribution is 0.102. The maximum atomic E-state index is 12.4. The molecule has 4 nitrogen and oxygen atoms in total. The van der Waals surface area contributed by atoms with E-state index >= 15 is 0 Å². The Kier molecular flexibility index (Phi) is 5.59. The van der Waals surface area contributed by atoms with Gasteiger partial charge in [0.05, 0.1) is 22.5 Å². The average Bonchev–Trinajstić information content (AvgIpc) is 2.49. The van der Waals surface area contributed by atoms with Crippen molar-refractivity contribution in [1.29, 1.82) is 0 Å². The largest absolute Gasteiger partial charge is 0.383 e. The SMILES string of the molecule is CCCNc1cnccc1C(=O)Nc1ccc(Cl)c(Br)c1. The van der Waals surface area contributed by atoms with Crippen molar-refractivity contribution >= 4 is 44.8 Å². The molecule has 2 aromatic rings. The quantitative estimate of drug-likeness (QED) is 0.812. The van der Waals surface area contributed by atoms with Gasteiger partial charge in [0.15, 0.2) is 0 Å². The number of nitrogens with one attached hydrogen (secondary N) is 2. The van der Waals surface area contributed by atoms with E-state index in [1.165, 1.54) is 0 Å². The van der Waals surface area contributed by atoms with Crippen LogP contribution in [-0.4, -0.2) is 17.4 Å². The molecule has 0 aliphatic rings. The summed E-state index contributed by atoms with van der Waals surface area (Å²) in [4.78, 5) is 16.4. The molecule has 0 radical (unpaired) electrons. The van der Waals surface area contributed by atoms with Gasteiger partial charge in [-0.1, -0.05) is 18.5 Å². The Morgan fingerprint density at radius 2 is 2.19 bits per heavy atom. The van der Waals surface area contributed by atoms with Crippen LogP contribution in [-0.2, 0) is 0 Å². The highest BCUT2D eigenvalue weighted by molar-refractivity contribution is 9.10. The number of hydrogen-bond donors (Lipinski definition) is 2. The Labute approximate surface area is 137 Å². The van der Waals surface area contributed by atoms with Gasteiger partial charge in [0.1, 0.15) is 0 Å². The molecule has 1 heterocycles. The topological polar surface area (TPSA) is 54.0 Å². The van der Waals surface area contributed by atoms with E-state index in [9.17, 15) is 4.79 Å². The fourth-order valence-corrected chi connectivity index (χ4v) is 2.26. The summed E-state index contributed by atoms with van der Waals surface area (Å²) in [6, 6.07) is 6.94. The third kappa shape index (κ3) is 4.19. The number of anilines is 2. The van der Waals surface area contributed by atoms with Crippen molar-refractivity contribution in [2.75, 3.05) is 17.2 Å². The van der Waals surface area contributed by atoms with Crippen LogP contribution < -0.4 is 10.6 Å². The Morgan fingerprint density at radius 3 is 2.90 bits per heavy atom. The van der Waals surface area contributed by atoms with E-state index in [1.807, 2.05) is 0 Å². The van der Waals surface area contributed by atoms with Gasteiger partial charge in [-0.3, -0.25) is 9.78 Å². The summed E-state index contributed by atoms with van der Waals surface area (Å²) in [6.45, 7) is 2.85. The minimum Gasteiger partial charge on any atom is -0.383 e. The van der Waals surface area contributed by atoms with Crippen LogP contribution >= 0.6 is 27.5 Å². The summed E-state index contributed by atoms with van der Waals surface area (Å²) >= 11 is 9.27. The normalized spacial score (nSPS) is 10.2. The fourth-order valence-electron chi connectivity index (χ4n) is 1.77. The lowest BCUT2D eigenvalue weighted by Crippen LogP contribution is -2.15. The fraction of sp³-hybridized carbons (Fsp3) is 0.200. The second-order valence-electron chi connectivity index (χ2n) is 4.43. The zero-order chi connectivity index (χ0) is 15.2. The predicted molar refractivity (Wildman–Crippen MR) is 90.1 cm³/mol. The highest BCUT2D eigenvalue weighted by Gasteiger charge is 2.12. The number of aromatic nitrogens is 1. The molecule has 0 fully saturated rings. The third-order valence-electron chi connectivity index (χ3n) is 2.81. The first-order chi connectivity index (χ1) is 10.1. The first kappa shape index (κ1) is 15.8. The summed E-state index contributed by atoms with van der Waals surface area (Å²) in [6.07, 6.45) is 4.23. The molecule has 21 heavy (non-hydrogen) atoms. The van der Waals surface area contributed by atoms with E-state index in [2.05, 4.69) is 38.5 Å². The van der Waals surface area contributed by atoms with Crippen LogP contribution in [0.3, 0.4) is 0 Å². The van der Waals surface area contributed by atoms with E-state index in [0.29, 0.717) is 16.3 Å².